The first-order chi connectivity index (χ1) is 7.98. The molecule has 1 rings (SSSR count). The number of aliphatic hydroxyl groups excluding tert-OH is 2. The molecule has 0 saturated heterocycles. The van der Waals surface area contributed by atoms with Crippen molar-refractivity contribution in [3.05, 3.63) is 23.2 Å². The van der Waals surface area contributed by atoms with E-state index in [1.165, 1.54) is 0 Å². The van der Waals surface area contributed by atoms with Crippen LogP contribution in [-0.2, 0) is 0 Å². The lowest BCUT2D eigenvalue weighted by atomic mass is 9.95. The summed E-state index contributed by atoms with van der Waals surface area (Å²) in [6.45, 7) is 7.62. The molecule has 4 nitrogen and oxygen atoms in total. The largest absolute Gasteiger partial charge is 0.466 e. The Labute approximate surface area is 103 Å². The third kappa shape index (κ3) is 3.09. The number of furan rings is 1. The monoisotopic (exact) mass is 241 g/mol. The normalized spacial score (nSPS) is 14.0. The molecule has 1 aromatic heterocycles. The minimum absolute atomic E-state index is 0.0340. The van der Waals surface area contributed by atoms with Crippen molar-refractivity contribution in [1.82, 2.24) is 5.32 Å². The van der Waals surface area contributed by atoms with Crippen LogP contribution >= 0.6 is 0 Å². The van der Waals surface area contributed by atoms with Gasteiger partial charge in [-0.2, -0.15) is 0 Å². The van der Waals surface area contributed by atoms with Gasteiger partial charge in [0, 0.05) is 11.6 Å². The molecule has 1 aromatic rings. The van der Waals surface area contributed by atoms with Gasteiger partial charge in [-0.05, 0) is 33.3 Å². The van der Waals surface area contributed by atoms with E-state index in [9.17, 15) is 10.2 Å². The minimum atomic E-state index is -0.628. The maximum Gasteiger partial charge on any atom is 0.105 e. The van der Waals surface area contributed by atoms with E-state index in [1.807, 2.05) is 33.8 Å². The number of aryl methyl sites for hydroxylation is 2. The van der Waals surface area contributed by atoms with Crippen molar-refractivity contribution in [2.75, 3.05) is 13.2 Å². The molecule has 0 aliphatic rings. The Morgan fingerprint density at radius 2 is 1.94 bits per heavy atom. The van der Waals surface area contributed by atoms with Crippen LogP contribution in [0, 0.1) is 13.8 Å². The maximum atomic E-state index is 9.40. The molecule has 0 aromatic carbocycles. The van der Waals surface area contributed by atoms with Crippen molar-refractivity contribution in [3.63, 3.8) is 0 Å². The standard InChI is InChI=1S/C13H23NO3/c1-5-13(7-15,8-16)14-10(3)12-6-9(2)17-11(12)4/h6,10,14-16H,5,7-8H2,1-4H3. The van der Waals surface area contributed by atoms with Crippen LogP contribution in [0.25, 0.3) is 0 Å². The van der Waals surface area contributed by atoms with Gasteiger partial charge in [0.15, 0.2) is 0 Å². The fourth-order valence-corrected chi connectivity index (χ4v) is 2.08. The fraction of sp³-hybridized carbons (Fsp3) is 0.692. The average molecular weight is 241 g/mol. The van der Waals surface area contributed by atoms with Crippen LogP contribution in [-0.4, -0.2) is 29.0 Å². The summed E-state index contributed by atoms with van der Waals surface area (Å²) in [5, 5.41) is 22.1. The molecule has 0 radical (unpaired) electrons. The summed E-state index contributed by atoms with van der Waals surface area (Å²) in [5.41, 5.74) is 0.444. The van der Waals surface area contributed by atoms with E-state index in [0.29, 0.717) is 6.42 Å². The summed E-state index contributed by atoms with van der Waals surface area (Å²) in [6.07, 6.45) is 0.667. The molecule has 1 unspecified atom stereocenters. The first-order valence-corrected chi connectivity index (χ1v) is 6.04. The number of hydrogen-bond donors (Lipinski definition) is 3. The van der Waals surface area contributed by atoms with Gasteiger partial charge in [-0.1, -0.05) is 6.92 Å². The van der Waals surface area contributed by atoms with Crippen molar-refractivity contribution in [1.29, 1.82) is 0 Å². The number of aliphatic hydroxyl groups is 2. The van der Waals surface area contributed by atoms with E-state index in [2.05, 4.69) is 5.32 Å². The van der Waals surface area contributed by atoms with Gasteiger partial charge in [-0.3, -0.25) is 0 Å². The molecule has 1 heterocycles. The Bertz CT molecular complexity index is 347. The van der Waals surface area contributed by atoms with Gasteiger partial charge in [0.2, 0.25) is 0 Å². The average Bonchev–Trinajstić information content (AvgIpc) is 2.65. The third-order valence-corrected chi connectivity index (χ3v) is 3.35. The highest BCUT2D eigenvalue weighted by Gasteiger charge is 2.29. The van der Waals surface area contributed by atoms with E-state index in [1.54, 1.807) is 0 Å². The second kappa shape index (κ2) is 5.67. The molecule has 0 aliphatic heterocycles. The summed E-state index contributed by atoms with van der Waals surface area (Å²) >= 11 is 0. The Kier molecular flexibility index (Phi) is 4.74. The van der Waals surface area contributed by atoms with Gasteiger partial charge in [0.25, 0.3) is 0 Å². The molecule has 17 heavy (non-hydrogen) atoms. The van der Waals surface area contributed by atoms with Crippen LogP contribution in [0.15, 0.2) is 10.5 Å². The zero-order valence-electron chi connectivity index (χ0n) is 11.1. The first-order valence-electron chi connectivity index (χ1n) is 6.04. The smallest absolute Gasteiger partial charge is 0.105 e. The zero-order valence-corrected chi connectivity index (χ0v) is 11.1. The second-order valence-electron chi connectivity index (χ2n) is 4.68. The molecular weight excluding hydrogens is 218 g/mol. The highest BCUT2D eigenvalue weighted by atomic mass is 16.3. The van der Waals surface area contributed by atoms with E-state index in [0.717, 1.165) is 17.1 Å². The van der Waals surface area contributed by atoms with E-state index in [-0.39, 0.29) is 19.3 Å². The van der Waals surface area contributed by atoms with E-state index >= 15 is 0 Å². The van der Waals surface area contributed by atoms with Gasteiger partial charge >= 0.3 is 0 Å². The maximum absolute atomic E-state index is 9.40. The van der Waals surface area contributed by atoms with Crippen molar-refractivity contribution in [3.8, 4) is 0 Å². The van der Waals surface area contributed by atoms with Crippen molar-refractivity contribution >= 4 is 0 Å². The summed E-state index contributed by atoms with van der Waals surface area (Å²) in [5.74, 6) is 1.75. The van der Waals surface area contributed by atoms with Gasteiger partial charge in [-0.15, -0.1) is 0 Å². The first kappa shape index (κ1) is 14.2. The summed E-state index contributed by atoms with van der Waals surface area (Å²) < 4.78 is 5.49. The summed E-state index contributed by atoms with van der Waals surface area (Å²) in [7, 11) is 0. The predicted molar refractivity (Wildman–Crippen MR) is 66.9 cm³/mol. The number of rotatable bonds is 6. The molecule has 3 N–H and O–H groups in total. The highest BCUT2D eigenvalue weighted by Crippen LogP contribution is 2.24. The molecule has 0 spiro atoms. The molecular formula is C13H23NO3. The third-order valence-electron chi connectivity index (χ3n) is 3.35. The van der Waals surface area contributed by atoms with Crippen LogP contribution in [0.3, 0.4) is 0 Å². The molecule has 0 saturated carbocycles. The lowest BCUT2D eigenvalue weighted by Crippen LogP contribution is -2.52. The van der Waals surface area contributed by atoms with Crippen molar-refractivity contribution in [2.45, 2.75) is 45.7 Å². The summed E-state index contributed by atoms with van der Waals surface area (Å²) in [4.78, 5) is 0. The molecule has 0 fully saturated rings. The molecule has 4 heteroatoms. The van der Waals surface area contributed by atoms with Crippen LogP contribution in [0.4, 0.5) is 0 Å². The molecule has 0 amide bonds. The van der Waals surface area contributed by atoms with Gasteiger partial charge < -0.3 is 19.9 Å². The van der Waals surface area contributed by atoms with Crippen LogP contribution in [0.2, 0.25) is 0 Å². The fourth-order valence-electron chi connectivity index (χ4n) is 2.08. The number of nitrogens with one attached hydrogen (secondary N) is 1. The van der Waals surface area contributed by atoms with E-state index < -0.39 is 5.54 Å². The molecule has 0 aliphatic carbocycles. The quantitative estimate of drug-likeness (QED) is 0.709. The van der Waals surface area contributed by atoms with Gasteiger partial charge in [0.05, 0.1) is 18.8 Å². The second-order valence-corrected chi connectivity index (χ2v) is 4.68. The Morgan fingerprint density at radius 1 is 1.35 bits per heavy atom. The van der Waals surface area contributed by atoms with Crippen LogP contribution < -0.4 is 5.32 Å². The number of hydrogen-bond acceptors (Lipinski definition) is 4. The van der Waals surface area contributed by atoms with Crippen LogP contribution in [0.1, 0.15) is 43.4 Å². The Morgan fingerprint density at radius 3 is 2.29 bits per heavy atom. The van der Waals surface area contributed by atoms with Gasteiger partial charge in [0.1, 0.15) is 11.5 Å². The van der Waals surface area contributed by atoms with Crippen LogP contribution in [0.5, 0.6) is 0 Å². The SMILES string of the molecule is CCC(CO)(CO)NC(C)c1cc(C)oc1C. The molecule has 98 valence electrons. The molecule has 1 atom stereocenters. The van der Waals surface area contributed by atoms with Crippen molar-refractivity contribution < 1.29 is 14.6 Å². The lowest BCUT2D eigenvalue weighted by Gasteiger charge is -2.33. The summed E-state index contributed by atoms with van der Waals surface area (Å²) in [6, 6.07) is 2.02. The van der Waals surface area contributed by atoms with Gasteiger partial charge in [-0.25, -0.2) is 0 Å². The Balaban J connectivity index is 2.84. The zero-order chi connectivity index (χ0) is 13.1. The minimum Gasteiger partial charge on any atom is -0.466 e. The predicted octanol–water partition coefficient (Wildman–Crippen LogP) is 1.68. The Hall–Kier alpha value is -0.840. The highest BCUT2D eigenvalue weighted by molar-refractivity contribution is 5.24. The molecule has 0 bridgehead atoms. The van der Waals surface area contributed by atoms with E-state index in [4.69, 9.17) is 4.42 Å². The van der Waals surface area contributed by atoms with Crippen molar-refractivity contribution in [2.24, 2.45) is 0 Å². The lowest BCUT2D eigenvalue weighted by molar-refractivity contribution is 0.0791. The topological polar surface area (TPSA) is 65.6 Å².